The third-order valence-corrected chi connectivity index (χ3v) is 4.54. The van der Waals surface area contributed by atoms with Crippen LogP contribution in [0.25, 0.3) is 0 Å². The van der Waals surface area contributed by atoms with E-state index in [2.05, 4.69) is 13.0 Å². The average Bonchev–Trinajstić information content (AvgIpc) is 2.92. The van der Waals surface area contributed by atoms with Gasteiger partial charge >= 0.3 is 0 Å². The largest absolute Gasteiger partial charge is 0.496 e. The summed E-state index contributed by atoms with van der Waals surface area (Å²) >= 11 is 0. The Balaban J connectivity index is 0.00000242. The zero-order chi connectivity index (χ0) is 15.4. The minimum Gasteiger partial charge on any atom is -0.496 e. The van der Waals surface area contributed by atoms with Crippen molar-refractivity contribution >= 4 is 18.3 Å². The minimum absolute atomic E-state index is 0. The molecule has 1 saturated carbocycles. The predicted octanol–water partition coefficient (Wildman–Crippen LogP) is 2.63. The Morgan fingerprint density at radius 2 is 2.09 bits per heavy atom. The number of benzene rings is 1. The molecule has 0 bridgehead atoms. The first kappa shape index (κ1) is 18.8. The molecule has 1 amide bonds. The zero-order valence-corrected chi connectivity index (χ0v) is 14.4. The number of amides is 1. The molecule has 0 radical (unpaired) electrons. The lowest BCUT2D eigenvalue weighted by atomic mass is 10.0. The predicted molar refractivity (Wildman–Crippen MR) is 91.5 cm³/mol. The fraction of sp³-hybridized carbons (Fsp3) is 0.588. The highest BCUT2D eigenvalue weighted by Crippen LogP contribution is 2.27. The number of likely N-dealkylation sites (N-methyl/N-ethyl adjacent to an activating group) is 1. The van der Waals surface area contributed by atoms with Gasteiger partial charge in [-0.25, -0.2) is 0 Å². The van der Waals surface area contributed by atoms with Crippen LogP contribution in [0.5, 0.6) is 5.75 Å². The highest BCUT2D eigenvalue weighted by atomic mass is 35.5. The normalized spacial score (nSPS) is 21.8. The maximum atomic E-state index is 12.5. The Kier molecular flexibility index (Phi) is 7.17. The third kappa shape index (κ3) is 4.37. The van der Waals surface area contributed by atoms with Crippen LogP contribution in [0.3, 0.4) is 0 Å². The van der Waals surface area contributed by atoms with Crippen LogP contribution in [-0.4, -0.2) is 37.0 Å². The standard InChI is InChI=1S/C17H26N2O2.ClH/c1-12(10-13-6-4-5-7-16(13)21-3)19(2)17(20)14-8-9-15(18)11-14;/h4-7,12,14-15H,8-11,18H2,1-3H3;1H. The van der Waals surface area contributed by atoms with Gasteiger partial charge in [0.25, 0.3) is 0 Å². The van der Waals surface area contributed by atoms with E-state index in [0.29, 0.717) is 0 Å². The van der Waals surface area contributed by atoms with E-state index in [9.17, 15) is 4.79 Å². The number of para-hydroxylation sites is 1. The van der Waals surface area contributed by atoms with Crippen molar-refractivity contribution in [2.45, 2.75) is 44.7 Å². The lowest BCUT2D eigenvalue weighted by Crippen LogP contribution is -2.40. The van der Waals surface area contributed by atoms with Crippen molar-refractivity contribution in [3.8, 4) is 5.75 Å². The van der Waals surface area contributed by atoms with Gasteiger partial charge in [0, 0.05) is 25.0 Å². The molecule has 0 saturated heterocycles. The molecule has 5 heteroatoms. The number of methoxy groups -OCH3 is 1. The second-order valence-corrected chi connectivity index (χ2v) is 6.08. The number of carbonyl (C=O) groups excluding carboxylic acids is 1. The molecule has 1 aromatic rings. The molecule has 22 heavy (non-hydrogen) atoms. The molecule has 2 rings (SSSR count). The molecule has 3 unspecified atom stereocenters. The molecule has 0 aliphatic heterocycles. The molecule has 0 aromatic heterocycles. The lowest BCUT2D eigenvalue weighted by Gasteiger charge is -2.28. The molecule has 1 fully saturated rings. The van der Waals surface area contributed by atoms with Crippen LogP contribution in [0.1, 0.15) is 31.7 Å². The maximum Gasteiger partial charge on any atom is 0.225 e. The second kappa shape index (κ2) is 8.39. The number of rotatable bonds is 5. The van der Waals surface area contributed by atoms with Crippen LogP contribution in [-0.2, 0) is 11.2 Å². The summed E-state index contributed by atoms with van der Waals surface area (Å²) in [5.41, 5.74) is 7.05. The SMILES string of the molecule is COc1ccccc1CC(C)N(C)C(=O)C1CCC(N)C1.Cl. The molecule has 0 heterocycles. The molecule has 4 nitrogen and oxygen atoms in total. The van der Waals surface area contributed by atoms with E-state index in [1.807, 2.05) is 30.1 Å². The van der Waals surface area contributed by atoms with Crippen LogP contribution in [0.15, 0.2) is 24.3 Å². The quantitative estimate of drug-likeness (QED) is 0.905. The van der Waals surface area contributed by atoms with Gasteiger partial charge in [0.05, 0.1) is 7.11 Å². The van der Waals surface area contributed by atoms with Crippen LogP contribution in [0.4, 0.5) is 0 Å². The fourth-order valence-electron chi connectivity index (χ4n) is 3.07. The van der Waals surface area contributed by atoms with E-state index < -0.39 is 0 Å². The molecular weight excluding hydrogens is 300 g/mol. The molecule has 1 aliphatic rings. The van der Waals surface area contributed by atoms with Crippen molar-refractivity contribution in [2.24, 2.45) is 11.7 Å². The Bertz CT molecular complexity index is 495. The topological polar surface area (TPSA) is 55.6 Å². The summed E-state index contributed by atoms with van der Waals surface area (Å²) < 4.78 is 5.38. The summed E-state index contributed by atoms with van der Waals surface area (Å²) in [4.78, 5) is 14.4. The highest BCUT2D eigenvalue weighted by Gasteiger charge is 2.31. The summed E-state index contributed by atoms with van der Waals surface area (Å²) in [5, 5.41) is 0. The first-order valence-corrected chi connectivity index (χ1v) is 7.67. The number of halogens is 1. The van der Waals surface area contributed by atoms with Crippen LogP contribution >= 0.6 is 12.4 Å². The van der Waals surface area contributed by atoms with E-state index >= 15 is 0 Å². The Labute approximate surface area is 139 Å². The third-order valence-electron chi connectivity index (χ3n) is 4.54. The molecule has 0 spiro atoms. The molecule has 1 aromatic carbocycles. The summed E-state index contributed by atoms with van der Waals surface area (Å²) in [5.74, 6) is 1.21. The van der Waals surface area contributed by atoms with Gasteiger partial charge in [0.1, 0.15) is 5.75 Å². The molecule has 3 atom stereocenters. The number of ether oxygens (including phenoxy) is 1. The van der Waals surface area contributed by atoms with Crippen molar-refractivity contribution in [1.82, 2.24) is 4.90 Å². The van der Waals surface area contributed by atoms with Gasteiger partial charge in [-0.05, 0) is 44.2 Å². The van der Waals surface area contributed by atoms with Crippen LogP contribution in [0.2, 0.25) is 0 Å². The van der Waals surface area contributed by atoms with Gasteiger partial charge < -0.3 is 15.4 Å². The van der Waals surface area contributed by atoms with Gasteiger partial charge in [-0.1, -0.05) is 18.2 Å². The Morgan fingerprint density at radius 1 is 1.41 bits per heavy atom. The van der Waals surface area contributed by atoms with Gasteiger partial charge in [0.15, 0.2) is 0 Å². The van der Waals surface area contributed by atoms with E-state index in [0.717, 1.165) is 37.0 Å². The minimum atomic E-state index is 0. The van der Waals surface area contributed by atoms with Gasteiger partial charge in [-0.15, -0.1) is 12.4 Å². The monoisotopic (exact) mass is 326 g/mol. The van der Waals surface area contributed by atoms with E-state index in [1.165, 1.54) is 0 Å². The summed E-state index contributed by atoms with van der Waals surface area (Å²) in [6, 6.07) is 8.31. The molecule has 124 valence electrons. The molecule has 1 aliphatic carbocycles. The smallest absolute Gasteiger partial charge is 0.225 e. The van der Waals surface area contributed by atoms with Crippen molar-refractivity contribution in [3.05, 3.63) is 29.8 Å². The first-order valence-electron chi connectivity index (χ1n) is 7.67. The van der Waals surface area contributed by atoms with Crippen molar-refractivity contribution < 1.29 is 9.53 Å². The summed E-state index contributed by atoms with van der Waals surface area (Å²) in [6.07, 6.45) is 3.51. The first-order chi connectivity index (χ1) is 10.0. The maximum absolute atomic E-state index is 12.5. The van der Waals surface area contributed by atoms with Crippen LogP contribution < -0.4 is 10.5 Å². The zero-order valence-electron chi connectivity index (χ0n) is 13.6. The van der Waals surface area contributed by atoms with Crippen molar-refractivity contribution in [2.75, 3.05) is 14.2 Å². The number of hydrogen-bond acceptors (Lipinski definition) is 3. The Hall–Kier alpha value is -1.26. The van der Waals surface area contributed by atoms with E-state index in [4.69, 9.17) is 10.5 Å². The number of nitrogens with zero attached hydrogens (tertiary/aromatic N) is 1. The molecule has 2 N–H and O–H groups in total. The van der Waals surface area contributed by atoms with Crippen molar-refractivity contribution in [3.63, 3.8) is 0 Å². The van der Waals surface area contributed by atoms with Crippen molar-refractivity contribution in [1.29, 1.82) is 0 Å². The molecular formula is C17H27ClN2O2. The second-order valence-electron chi connectivity index (χ2n) is 6.08. The summed E-state index contributed by atoms with van der Waals surface area (Å²) in [7, 11) is 3.57. The van der Waals surface area contributed by atoms with E-state index in [1.54, 1.807) is 7.11 Å². The van der Waals surface area contributed by atoms with Gasteiger partial charge in [0.2, 0.25) is 5.91 Å². The number of carbonyl (C=O) groups is 1. The fourth-order valence-corrected chi connectivity index (χ4v) is 3.07. The number of hydrogen-bond donors (Lipinski definition) is 1. The lowest BCUT2D eigenvalue weighted by molar-refractivity contribution is -0.135. The average molecular weight is 327 g/mol. The van der Waals surface area contributed by atoms with Gasteiger partial charge in [-0.3, -0.25) is 4.79 Å². The summed E-state index contributed by atoms with van der Waals surface area (Å²) in [6.45, 7) is 2.08. The highest BCUT2D eigenvalue weighted by molar-refractivity contribution is 5.85. The van der Waals surface area contributed by atoms with Gasteiger partial charge in [-0.2, -0.15) is 0 Å². The Morgan fingerprint density at radius 3 is 2.68 bits per heavy atom. The van der Waals surface area contributed by atoms with Crippen LogP contribution in [0, 0.1) is 5.92 Å². The number of nitrogens with two attached hydrogens (primary N) is 1. The van der Waals surface area contributed by atoms with E-state index in [-0.39, 0.29) is 36.3 Å².